The van der Waals surface area contributed by atoms with E-state index in [0.717, 1.165) is 13.1 Å². The summed E-state index contributed by atoms with van der Waals surface area (Å²) in [6, 6.07) is 0.485. The van der Waals surface area contributed by atoms with Crippen molar-refractivity contribution in [3.63, 3.8) is 0 Å². The minimum atomic E-state index is 0.295. The average molecular weight is 264 g/mol. The number of nitrogens with zero attached hydrogens (tertiary/aromatic N) is 3. The van der Waals surface area contributed by atoms with E-state index in [1.54, 1.807) is 0 Å². The maximum absolute atomic E-state index is 4.41. The summed E-state index contributed by atoms with van der Waals surface area (Å²) in [4.78, 5) is 2.26. The van der Waals surface area contributed by atoms with E-state index in [9.17, 15) is 0 Å². The van der Waals surface area contributed by atoms with E-state index in [1.807, 2.05) is 10.9 Å². The first kappa shape index (κ1) is 14.5. The van der Waals surface area contributed by atoms with Gasteiger partial charge in [0.05, 0.1) is 6.20 Å². The molecule has 0 saturated heterocycles. The minimum Gasteiger partial charge on any atom is -0.309 e. The van der Waals surface area contributed by atoms with E-state index in [2.05, 4.69) is 50.3 Å². The van der Waals surface area contributed by atoms with Crippen LogP contribution >= 0.6 is 0 Å². The van der Waals surface area contributed by atoms with Crippen LogP contribution in [0.1, 0.15) is 44.0 Å². The molecule has 0 fully saturated rings. The molecule has 0 saturated carbocycles. The molecule has 4 heteroatoms. The normalized spacial score (nSPS) is 19.8. The zero-order chi connectivity index (χ0) is 14.0. The SMILES string of the molecule is CN(C)CC(C)(C)CNC1CCCc2c1cnn2C. The Morgan fingerprint density at radius 1 is 1.47 bits per heavy atom. The predicted molar refractivity (Wildman–Crippen MR) is 79.2 cm³/mol. The van der Waals surface area contributed by atoms with Gasteiger partial charge in [-0.15, -0.1) is 0 Å². The molecule has 0 radical (unpaired) electrons. The van der Waals surface area contributed by atoms with Crippen LogP contribution in [0.15, 0.2) is 6.20 Å². The van der Waals surface area contributed by atoms with Gasteiger partial charge in [0.2, 0.25) is 0 Å². The highest BCUT2D eigenvalue weighted by Crippen LogP contribution is 2.30. The number of rotatable bonds is 5. The van der Waals surface area contributed by atoms with Gasteiger partial charge in [-0.05, 0) is 38.8 Å². The van der Waals surface area contributed by atoms with Gasteiger partial charge in [0.15, 0.2) is 0 Å². The molecule has 1 aromatic heterocycles. The lowest BCUT2D eigenvalue weighted by molar-refractivity contribution is 0.222. The highest BCUT2D eigenvalue weighted by atomic mass is 15.3. The molecule has 19 heavy (non-hydrogen) atoms. The van der Waals surface area contributed by atoms with Crippen molar-refractivity contribution in [3.05, 3.63) is 17.5 Å². The molecule has 4 nitrogen and oxygen atoms in total. The standard InChI is InChI=1S/C15H28N4/c1-15(2,11-18(3)4)10-16-13-7-6-8-14-12(13)9-17-19(14)5/h9,13,16H,6-8,10-11H2,1-5H3. The lowest BCUT2D eigenvalue weighted by atomic mass is 9.89. The van der Waals surface area contributed by atoms with E-state index in [1.165, 1.54) is 30.5 Å². The van der Waals surface area contributed by atoms with E-state index in [-0.39, 0.29) is 0 Å². The van der Waals surface area contributed by atoms with Crippen LogP contribution in [-0.2, 0) is 13.5 Å². The van der Waals surface area contributed by atoms with Gasteiger partial charge in [0, 0.05) is 37.4 Å². The van der Waals surface area contributed by atoms with Gasteiger partial charge in [-0.25, -0.2) is 0 Å². The highest BCUT2D eigenvalue weighted by Gasteiger charge is 2.26. The van der Waals surface area contributed by atoms with Gasteiger partial charge in [0.1, 0.15) is 0 Å². The fourth-order valence-electron chi connectivity index (χ4n) is 3.23. The summed E-state index contributed by atoms with van der Waals surface area (Å²) < 4.78 is 2.04. The minimum absolute atomic E-state index is 0.295. The van der Waals surface area contributed by atoms with Crippen molar-refractivity contribution in [3.8, 4) is 0 Å². The second kappa shape index (κ2) is 5.63. The number of aryl methyl sites for hydroxylation is 1. The van der Waals surface area contributed by atoms with Crippen molar-refractivity contribution >= 4 is 0 Å². The zero-order valence-electron chi connectivity index (χ0n) is 13.0. The summed E-state index contributed by atoms with van der Waals surface area (Å²) in [6.45, 7) is 6.80. The first-order chi connectivity index (χ1) is 8.89. The van der Waals surface area contributed by atoms with E-state index < -0.39 is 0 Å². The van der Waals surface area contributed by atoms with Gasteiger partial charge in [-0.2, -0.15) is 5.10 Å². The van der Waals surface area contributed by atoms with Gasteiger partial charge >= 0.3 is 0 Å². The maximum atomic E-state index is 4.41. The van der Waals surface area contributed by atoms with E-state index in [4.69, 9.17) is 0 Å². The lowest BCUT2D eigenvalue weighted by Crippen LogP contribution is -2.39. The summed E-state index contributed by atoms with van der Waals surface area (Å²) in [5, 5.41) is 8.17. The molecular formula is C15H28N4. The van der Waals surface area contributed by atoms with Crippen LogP contribution < -0.4 is 5.32 Å². The van der Waals surface area contributed by atoms with E-state index in [0.29, 0.717) is 11.5 Å². The van der Waals surface area contributed by atoms with Crippen molar-refractivity contribution < 1.29 is 0 Å². The van der Waals surface area contributed by atoms with Crippen LogP contribution in [0, 0.1) is 5.41 Å². The first-order valence-corrected chi connectivity index (χ1v) is 7.28. The summed E-state index contributed by atoms with van der Waals surface area (Å²) in [5.74, 6) is 0. The van der Waals surface area contributed by atoms with Crippen molar-refractivity contribution in [1.82, 2.24) is 20.0 Å². The third-order valence-electron chi connectivity index (χ3n) is 3.95. The Balaban J connectivity index is 1.98. The highest BCUT2D eigenvalue weighted by molar-refractivity contribution is 5.24. The quantitative estimate of drug-likeness (QED) is 0.883. The monoisotopic (exact) mass is 264 g/mol. The molecule has 108 valence electrons. The van der Waals surface area contributed by atoms with E-state index >= 15 is 0 Å². The predicted octanol–water partition coefficient (Wildman–Crippen LogP) is 1.97. The number of hydrogen-bond donors (Lipinski definition) is 1. The van der Waals surface area contributed by atoms with Crippen LogP contribution in [0.25, 0.3) is 0 Å². The molecule has 1 aromatic rings. The molecule has 0 aliphatic heterocycles. The number of nitrogens with one attached hydrogen (secondary N) is 1. The summed E-state index contributed by atoms with van der Waals surface area (Å²) in [6.07, 6.45) is 5.71. The smallest absolute Gasteiger partial charge is 0.0540 e. The molecule has 1 atom stereocenters. The molecule has 1 unspecified atom stereocenters. The van der Waals surface area contributed by atoms with Crippen LogP contribution in [0.5, 0.6) is 0 Å². The number of aromatic nitrogens is 2. The van der Waals surface area contributed by atoms with Crippen molar-refractivity contribution in [2.24, 2.45) is 12.5 Å². The van der Waals surface area contributed by atoms with Gasteiger partial charge < -0.3 is 10.2 Å². The second-order valence-electron chi connectivity index (χ2n) is 6.90. The molecule has 0 spiro atoms. The molecule has 0 bridgehead atoms. The fraction of sp³-hybridized carbons (Fsp3) is 0.800. The molecule has 0 aromatic carbocycles. The molecule has 1 N–H and O–H groups in total. The Bertz CT molecular complexity index is 420. The molecular weight excluding hydrogens is 236 g/mol. The lowest BCUT2D eigenvalue weighted by Gasteiger charge is -2.32. The van der Waals surface area contributed by atoms with Crippen LogP contribution in [-0.4, -0.2) is 41.9 Å². The van der Waals surface area contributed by atoms with Crippen molar-refractivity contribution in [2.75, 3.05) is 27.2 Å². The summed E-state index contributed by atoms with van der Waals surface area (Å²) in [5.41, 5.74) is 3.12. The second-order valence-corrected chi connectivity index (χ2v) is 6.90. The van der Waals surface area contributed by atoms with Crippen molar-refractivity contribution in [1.29, 1.82) is 0 Å². The van der Waals surface area contributed by atoms with Crippen molar-refractivity contribution in [2.45, 2.75) is 39.2 Å². The van der Waals surface area contributed by atoms with Gasteiger partial charge in [-0.1, -0.05) is 13.8 Å². The molecule has 0 amide bonds. The average Bonchev–Trinajstić information content (AvgIpc) is 2.68. The maximum Gasteiger partial charge on any atom is 0.0540 e. The summed E-state index contributed by atoms with van der Waals surface area (Å²) >= 11 is 0. The fourth-order valence-corrected chi connectivity index (χ4v) is 3.23. The third-order valence-corrected chi connectivity index (χ3v) is 3.95. The Labute approximate surface area is 117 Å². The van der Waals surface area contributed by atoms with Crippen LogP contribution in [0.4, 0.5) is 0 Å². The van der Waals surface area contributed by atoms with Crippen LogP contribution in [0.3, 0.4) is 0 Å². The van der Waals surface area contributed by atoms with Crippen LogP contribution in [0.2, 0.25) is 0 Å². The molecule has 1 aliphatic rings. The Morgan fingerprint density at radius 3 is 2.89 bits per heavy atom. The Kier molecular flexibility index (Phi) is 4.31. The van der Waals surface area contributed by atoms with Gasteiger partial charge in [-0.3, -0.25) is 4.68 Å². The first-order valence-electron chi connectivity index (χ1n) is 7.28. The number of hydrogen-bond acceptors (Lipinski definition) is 3. The largest absolute Gasteiger partial charge is 0.309 e. The zero-order valence-corrected chi connectivity index (χ0v) is 13.0. The third kappa shape index (κ3) is 3.57. The van der Waals surface area contributed by atoms with Gasteiger partial charge in [0.25, 0.3) is 0 Å². The molecule has 1 aliphatic carbocycles. The molecule has 1 heterocycles. The summed E-state index contributed by atoms with van der Waals surface area (Å²) in [7, 11) is 6.33. The molecule has 2 rings (SSSR count). The topological polar surface area (TPSA) is 33.1 Å². The Morgan fingerprint density at radius 2 is 2.21 bits per heavy atom. The number of fused-ring (bicyclic) bond motifs is 1. The Hall–Kier alpha value is -0.870.